The van der Waals surface area contributed by atoms with E-state index >= 15 is 0 Å². The molecule has 2 aromatic heterocycles. The first-order valence-electron chi connectivity index (χ1n) is 6.12. The lowest BCUT2D eigenvalue weighted by molar-refractivity contribution is 0.298. The van der Waals surface area contributed by atoms with Crippen molar-refractivity contribution in [3.63, 3.8) is 0 Å². The highest BCUT2D eigenvalue weighted by Gasteiger charge is 2.07. The fourth-order valence-electron chi connectivity index (χ4n) is 1.74. The first-order chi connectivity index (χ1) is 9.83. The molecule has 100 valence electrons. The number of aromatic amines is 1. The minimum Gasteiger partial charge on any atom is -0.483 e. The van der Waals surface area contributed by atoms with E-state index in [2.05, 4.69) is 20.2 Å². The molecule has 20 heavy (non-hydrogen) atoms. The minimum atomic E-state index is 0.279. The molecule has 0 fully saturated rings. The van der Waals surface area contributed by atoms with Gasteiger partial charge in [0.05, 0.1) is 5.69 Å². The van der Waals surface area contributed by atoms with Gasteiger partial charge >= 0.3 is 0 Å². The van der Waals surface area contributed by atoms with Crippen molar-refractivity contribution in [2.45, 2.75) is 6.61 Å². The highest BCUT2D eigenvalue weighted by atomic mass is 16.5. The lowest BCUT2D eigenvalue weighted by Crippen LogP contribution is -2.00. The average Bonchev–Trinajstić information content (AvgIpc) is 2.96. The van der Waals surface area contributed by atoms with E-state index in [1.54, 1.807) is 18.5 Å². The average molecular weight is 267 g/mol. The second-order valence-corrected chi connectivity index (χ2v) is 4.17. The SMILES string of the molecule is Nc1ccccc1OCc1nc(-c2cccnc2)n[nH]1. The predicted molar refractivity (Wildman–Crippen MR) is 74.8 cm³/mol. The van der Waals surface area contributed by atoms with Crippen LogP contribution >= 0.6 is 0 Å². The van der Waals surface area contributed by atoms with Gasteiger partial charge in [0.2, 0.25) is 0 Å². The number of nitrogens with zero attached hydrogens (tertiary/aromatic N) is 3. The van der Waals surface area contributed by atoms with E-state index in [4.69, 9.17) is 10.5 Å². The maximum absolute atomic E-state index is 5.80. The Morgan fingerprint density at radius 3 is 2.85 bits per heavy atom. The van der Waals surface area contributed by atoms with Crippen LogP contribution in [-0.4, -0.2) is 20.2 Å². The van der Waals surface area contributed by atoms with Crippen LogP contribution < -0.4 is 10.5 Å². The van der Waals surface area contributed by atoms with Crippen LogP contribution in [0.15, 0.2) is 48.8 Å². The van der Waals surface area contributed by atoms with Crippen LogP contribution in [0.2, 0.25) is 0 Å². The summed E-state index contributed by atoms with van der Waals surface area (Å²) in [5, 5.41) is 6.97. The Morgan fingerprint density at radius 2 is 2.05 bits per heavy atom. The molecule has 6 heteroatoms. The summed E-state index contributed by atoms with van der Waals surface area (Å²) in [6.45, 7) is 0.279. The Kier molecular flexibility index (Phi) is 3.28. The Hall–Kier alpha value is -2.89. The van der Waals surface area contributed by atoms with Gasteiger partial charge in [0.25, 0.3) is 0 Å². The Morgan fingerprint density at radius 1 is 1.15 bits per heavy atom. The molecule has 0 saturated carbocycles. The number of anilines is 1. The van der Waals surface area contributed by atoms with Crippen LogP contribution in [0.25, 0.3) is 11.4 Å². The third kappa shape index (κ3) is 2.59. The highest BCUT2D eigenvalue weighted by molar-refractivity contribution is 5.53. The number of H-pyrrole nitrogens is 1. The van der Waals surface area contributed by atoms with Crippen molar-refractivity contribution >= 4 is 5.69 Å². The molecule has 0 aliphatic carbocycles. The summed E-state index contributed by atoms with van der Waals surface area (Å²) in [5.74, 6) is 1.86. The number of hydrogen-bond donors (Lipinski definition) is 2. The van der Waals surface area contributed by atoms with Crippen molar-refractivity contribution < 1.29 is 4.74 Å². The van der Waals surface area contributed by atoms with Gasteiger partial charge in [-0.05, 0) is 24.3 Å². The molecule has 6 nitrogen and oxygen atoms in total. The molecule has 0 amide bonds. The van der Waals surface area contributed by atoms with E-state index in [0.717, 1.165) is 5.56 Å². The Balaban J connectivity index is 1.71. The van der Waals surface area contributed by atoms with Crippen LogP contribution in [-0.2, 0) is 6.61 Å². The smallest absolute Gasteiger partial charge is 0.182 e. The number of nitrogens with one attached hydrogen (secondary N) is 1. The zero-order valence-electron chi connectivity index (χ0n) is 10.7. The van der Waals surface area contributed by atoms with Crippen LogP contribution in [0.4, 0.5) is 5.69 Å². The first-order valence-corrected chi connectivity index (χ1v) is 6.12. The Bertz CT molecular complexity index is 696. The zero-order chi connectivity index (χ0) is 13.8. The monoisotopic (exact) mass is 267 g/mol. The standard InChI is InChI=1S/C14H13N5O/c15-11-5-1-2-6-12(11)20-9-13-17-14(19-18-13)10-4-3-7-16-8-10/h1-8H,9,15H2,(H,17,18,19). The van der Waals surface area contributed by atoms with Crippen LogP contribution in [0.3, 0.4) is 0 Å². The summed E-state index contributed by atoms with van der Waals surface area (Å²) in [5.41, 5.74) is 7.25. The molecule has 0 spiro atoms. The van der Waals surface area contributed by atoms with Crippen LogP contribution in [0.5, 0.6) is 5.75 Å². The maximum Gasteiger partial charge on any atom is 0.182 e. The van der Waals surface area contributed by atoms with Crippen molar-refractivity contribution in [2.75, 3.05) is 5.73 Å². The topological polar surface area (TPSA) is 89.7 Å². The van der Waals surface area contributed by atoms with Gasteiger partial charge in [-0.25, -0.2) is 4.98 Å². The summed E-state index contributed by atoms with van der Waals surface area (Å²) < 4.78 is 5.60. The van der Waals surface area contributed by atoms with Crippen LogP contribution in [0, 0.1) is 0 Å². The van der Waals surface area contributed by atoms with Gasteiger partial charge in [0.1, 0.15) is 12.4 Å². The van der Waals surface area contributed by atoms with Gasteiger partial charge in [-0.3, -0.25) is 10.1 Å². The summed E-state index contributed by atoms with van der Waals surface area (Å²) in [4.78, 5) is 8.39. The molecule has 0 aliphatic rings. The van der Waals surface area contributed by atoms with E-state index in [-0.39, 0.29) is 6.61 Å². The van der Waals surface area contributed by atoms with Gasteiger partial charge in [0.15, 0.2) is 11.6 Å². The maximum atomic E-state index is 5.80. The van der Waals surface area contributed by atoms with Gasteiger partial charge in [-0.2, -0.15) is 5.10 Å². The summed E-state index contributed by atoms with van der Waals surface area (Å²) >= 11 is 0. The van der Waals surface area contributed by atoms with Crippen molar-refractivity contribution in [2.24, 2.45) is 0 Å². The number of hydrogen-bond acceptors (Lipinski definition) is 5. The lowest BCUT2D eigenvalue weighted by Gasteiger charge is -2.05. The minimum absolute atomic E-state index is 0.279. The van der Waals surface area contributed by atoms with Gasteiger partial charge < -0.3 is 10.5 Å². The number of nitrogens with two attached hydrogens (primary N) is 1. The summed E-state index contributed by atoms with van der Waals surface area (Å²) in [6.07, 6.45) is 3.42. The Labute approximate surface area is 115 Å². The molecule has 0 bridgehead atoms. The highest BCUT2D eigenvalue weighted by Crippen LogP contribution is 2.20. The van der Waals surface area contributed by atoms with Crippen LogP contribution in [0.1, 0.15) is 5.82 Å². The van der Waals surface area contributed by atoms with Crippen molar-refractivity contribution in [1.29, 1.82) is 0 Å². The molecule has 3 N–H and O–H groups in total. The molecule has 0 unspecified atom stereocenters. The number of aromatic nitrogens is 4. The third-order valence-corrected chi connectivity index (χ3v) is 2.73. The fourth-order valence-corrected chi connectivity index (χ4v) is 1.74. The molecule has 0 saturated heterocycles. The van der Waals surface area contributed by atoms with Gasteiger partial charge in [0, 0.05) is 18.0 Å². The quantitative estimate of drug-likeness (QED) is 0.706. The summed E-state index contributed by atoms with van der Waals surface area (Å²) in [6, 6.07) is 11.1. The van der Waals surface area contributed by atoms with Gasteiger partial charge in [-0.15, -0.1) is 0 Å². The number of pyridine rings is 1. The number of ether oxygens (including phenoxy) is 1. The van der Waals surface area contributed by atoms with E-state index < -0.39 is 0 Å². The van der Waals surface area contributed by atoms with Gasteiger partial charge in [-0.1, -0.05) is 12.1 Å². The fraction of sp³-hybridized carbons (Fsp3) is 0.0714. The van der Waals surface area contributed by atoms with Crippen molar-refractivity contribution in [3.05, 3.63) is 54.6 Å². The molecule has 0 atom stereocenters. The zero-order valence-corrected chi connectivity index (χ0v) is 10.7. The number of benzene rings is 1. The van der Waals surface area contributed by atoms with E-state index in [1.165, 1.54) is 0 Å². The molecule has 3 rings (SSSR count). The van der Waals surface area contributed by atoms with E-state index in [1.807, 2.05) is 30.3 Å². The second-order valence-electron chi connectivity index (χ2n) is 4.17. The van der Waals surface area contributed by atoms with Crippen molar-refractivity contribution in [1.82, 2.24) is 20.2 Å². The molecular weight excluding hydrogens is 254 g/mol. The van der Waals surface area contributed by atoms with Crippen molar-refractivity contribution in [3.8, 4) is 17.1 Å². The normalized spacial score (nSPS) is 10.4. The first kappa shape index (κ1) is 12.2. The molecule has 2 heterocycles. The number of para-hydroxylation sites is 2. The number of nitrogen functional groups attached to an aromatic ring is 1. The van der Waals surface area contributed by atoms with E-state index in [9.17, 15) is 0 Å². The molecule has 0 radical (unpaired) electrons. The van der Waals surface area contributed by atoms with E-state index in [0.29, 0.717) is 23.1 Å². The second kappa shape index (κ2) is 5.40. The summed E-state index contributed by atoms with van der Waals surface area (Å²) in [7, 11) is 0. The number of rotatable bonds is 4. The lowest BCUT2D eigenvalue weighted by atomic mass is 10.3. The third-order valence-electron chi connectivity index (χ3n) is 2.73. The molecule has 1 aromatic carbocycles. The predicted octanol–water partition coefficient (Wildman–Crippen LogP) is 2.03. The largest absolute Gasteiger partial charge is 0.483 e. The molecule has 3 aromatic rings. The molecule has 0 aliphatic heterocycles. The molecular formula is C14H13N5O.